The Bertz CT molecular complexity index is 1170. The van der Waals surface area contributed by atoms with Crippen LogP contribution in [0.5, 0.6) is 5.75 Å². The predicted molar refractivity (Wildman–Crippen MR) is 106 cm³/mol. The van der Waals surface area contributed by atoms with Gasteiger partial charge in [0.05, 0.1) is 18.0 Å². The van der Waals surface area contributed by atoms with Crippen LogP contribution in [-0.2, 0) is 0 Å². The number of aromatic nitrogens is 4. The number of carbonyl (C=O) groups excluding carboxylic acids is 1. The normalized spacial score (nSPS) is 11.1. The van der Waals surface area contributed by atoms with Gasteiger partial charge in [0.15, 0.2) is 0 Å². The molecule has 8 heteroatoms. The van der Waals surface area contributed by atoms with E-state index in [4.69, 9.17) is 4.74 Å². The fourth-order valence-electron chi connectivity index (χ4n) is 2.96. The Hall–Kier alpha value is -3.81. The molecule has 28 heavy (non-hydrogen) atoms. The fourth-order valence-corrected chi connectivity index (χ4v) is 2.96. The van der Waals surface area contributed by atoms with Crippen molar-refractivity contribution in [1.82, 2.24) is 19.7 Å². The minimum Gasteiger partial charge on any atom is -0.491 e. The van der Waals surface area contributed by atoms with Crippen LogP contribution in [-0.4, -0.2) is 31.8 Å². The first-order valence-corrected chi connectivity index (χ1v) is 8.84. The second-order valence-corrected chi connectivity index (χ2v) is 6.58. The number of nitrogens with zero attached hydrogens (tertiary/aromatic N) is 2. The Morgan fingerprint density at radius 2 is 1.93 bits per heavy atom. The summed E-state index contributed by atoms with van der Waals surface area (Å²) in [6, 6.07) is 13.8. The number of nitrogens with one attached hydrogen (secondary N) is 3. The van der Waals surface area contributed by atoms with Gasteiger partial charge in [0, 0.05) is 17.5 Å². The minimum atomic E-state index is -0.333. The van der Waals surface area contributed by atoms with Gasteiger partial charge in [-0.1, -0.05) is 0 Å². The summed E-state index contributed by atoms with van der Waals surface area (Å²) in [5.74, 6) is 0.881. The molecule has 4 aromatic rings. The number of ether oxygens (including phenoxy) is 1. The first kappa shape index (κ1) is 17.6. The van der Waals surface area contributed by atoms with Gasteiger partial charge in [-0.25, -0.2) is 0 Å². The summed E-state index contributed by atoms with van der Waals surface area (Å²) in [6.45, 7) is 3.90. The molecule has 4 rings (SSSR count). The van der Waals surface area contributed by atoms with Crippen molar-refractivity contribution in [3.63, 3.8) is 0 Å². The molecule has 3 N–H and O–H groups in total. The largest absolute Gasteiger partial charge is 0.491 e. The minimum absolute atomic E-state index is 0.0661. The van der Waals surface area contributed by atoms with Crippen LogP contribution in [0.3, 0.4) is 0 Å². The Morgan fingerprint density at radius 1 is 1.14 bits per heavy atom. The molecule has 0 saturated heterocycles. The van der Waals surface area contributed by atoms with E-state index >= 15 is 0 Å². The van der Waals surface area contributed by atoms with Gasteiger partial charge in [-0.15, -0.1) is 0 Å². The van der Waals surface area contributed by atoms with Crippen LogP contribution in [0.2, 0.25) is 0 Å². The van der Waals surface area contributed by atoms with E-state index in [9.17, 15) is 9.59 Å². The zero-order valence-electron chi connectivity index (χ0n) is 15.4. The molecule has 0 bridgehead atoms. The highest BCUT2D eigenvalue weighted by Gasteiger charge is 2.14. The molecular weight excluding hydrogens is 358 g/mol. The molecular formula is C20H19N5O3. The van der Waals surface area contributed by atoms with Crippen LogP contribution in [0, 0.1) is 0 Å². The molecule has 0 saturated carbocycles. The van der Waals surface area contributed by atoms with Crippen LogP contribution in [0.25, 0.3) is 16.7 Å². The number of hydrogen-bond acceptors (Lipinski definition) is 4. The van der Waals surface area contributed by atoms with Crippen LogP contribution < -0.4 is 15.6 Å². The van der Waals surface area contributed by atoms with E-state index < -0.39 is 0 Å². The number of amides is 1. The molecule has 0 radical (unpaired) electrons. The lowest BCUT2D eigenvalue weighted by Gasteiger charge is -2.11. The molecule has 0 spiro atoms. The monoisotopic (exact) mass is 377 g/mol. The number of H-pyrrole nitrogens is 2. The fraction of sp³-hybridized carbons (Fsp3) is 0.150. The lowest BCUT2D eigenvalue weighted by atomic mass is 10.2. The smallest absolute Gasteiger partial charge is 0.273 e. The topological polar surface area (TPSA) is 105 Å². The lowest BCUT2D eigenvalue weighted by Crippen LogP contribution is -2.18. The Balaban J connectivity index is 1.72. The quantitative estimate of drug-likeness (QED) is 0.497. The lowest BCUT2D eigenvalue weighted by molar-refractivity contribution is 0.102. The second kappa shape index (κ2) is 7.07. The molecule has 0 fully saturated rings. The number of fused-ring (bicyclic) bond motifs is 1. The van der Waals surface area contributed by atoms with E-state index in [0.29, 0.717) is 22.8 Å². The van der Waals surface area contributed by atoms with E-state index in [0.717, 1.165) is 11.1 Å². The van der Waals surface area contributed by atoms with Crippen molar-refractivity contribution in [2.75, 3.05) is 5.32 Å². The zero-order valence-corrected chi connectivity index (χ0v) is 15.4. The number of aromatic amines is 2. The molecule has 0 aliphatic carbocycles. The molecule has 3 aromatic heterocycles. The molecule has 0 aliphatic rings. The average molecular weight is 377 g/mol. The van der Waals surface area contributed by atoms with Crippen LogP contribution in [0.1, 0.15) is 24.3 Å². The molecule has 3 heterocycles. The Kier molecular flexibility index (Phi) is 4.44. The Labute approximate surface area is 160 Å². The maximum absolute atomic E-state index is 12.5. The van der Waals surface area contributed by atoms with E-state index in [1.165, 1.54) is 10.6 Å². The van der Waals surface area contributed by atoms with Crippen molar-refractivity contribution in [1.29, 1.82) is 0 Å². The summed E-state index contributed by atoms with van der Waals surface area (Å²) in [6.07, 6.45) is 1.61. The van der Waals surface area contributed by atoms with Gasteiger partial charge in [-0.05, 0) is 50.2 Å². The number of carbonyl (C=O) groups is 1. The zero-order chi connectivity index (χ0) is 19.7. The second-order valence-electron chi connectivity index (χ2n) is 6.58. The summed E-state index contributed by atoms with van der Waals surface area (Å²) in [4.78, 5) is 28.0. The van der Waals surface area contributed by atoms with E-state index in [2.05, 4.69) is 20.5 Å². The third kappa shape index (κ3) is 3.39. The first-order chi connectivity index (χ1) is 13.5. The predicted octanol–water partition coefficient (Wildman–Crippen LogP) is 3.08. The van der Waals surface area contributed by atoms with Crippen molar-refractivity contribution >= 4 is 22.8 Å². The average Bonchev–Trinajstić information content (AvgIpc) is 3.31. The number of benzene rings is 1. The van der Waals surface area contributed by atoms with Crippen molar-refractivity contribution in [2.45, 2.75) is 20.0 Å². The van der Waals surface area contributed by atoms with Crippen LogP contribution in [0.4, 0.5) is 5.82 Å². The first-order valence-electron chi connectivity index (χ1n) is 8.84. The van der Waals surface area contributed by atoms with E-state index in [1.807, 2.05) is 38.1 Å². The molecule has 1 amide bonds. The standard InChI is InChI=1S/C20H19N5O3/c1-12(2)28-15-6-4-14(5-7-15)25-18(26)8-3-13-11-16(22-19(13)25)20(27)23-17-9-10-21-24-17/h3-12,22H,1-2H3,(H2,21,23,24,27). The van der Waals surface area contributed by atoms with Crippen LogP contribution in [0.15, 0.2) is 59.5 Å². The summed E-state index contributed by atoms with van der Waals surface area (Å²) in [7, 11) is 0. The molecule has 142 valence electrons. The highest BCUT2D eigenvalue weighted by molar-refractivity contribution is 6.05. The summed E-state index contributed by atoms with van der Waals surface area (Å²) >= 11 is 0. The summed E-state index contributed by atoms with van der Waals surface area (Å²) in [5, 5.41) is 9.92. The van der Waals surface area contributed by atoms with E-state index in [-0.39, 0.29) is 17.6 Å². The highest BCUT2D eigenvalue weighted by atomic mass is 16.5. The number of rotatable bonds is 5. The van der Waals surface area contributed by atoms with Crippen LogP contribution >= 0.6 is 0 Å². The third-order valence-corrected chi connectivity index (χ3v) is 4.14. The van der Waals surface area contributed by atoms with Gasteiger partial charge in [-0.3, -0.25) is 19.3 Å². The molecule has 0 aliphatic heterocycles. The number of hydrogen-bond donors (Lipinski definition) is 3. The molecule has 1 aromatic carbocycles. The van der Waals surface area contributed by atoms with Gasteiger partial charge < -0.3 is 15.0 Å². The van der Waals surface area contributed by atoms with Gasteiger partial charge in [0.1, 0.15) is 22.9 Å². The maximum atomic E-state index is 12.5. The van der Waals surface area contributed by atoms with E-state index in [1.54, 1.807) is 24.4 Å². The molecule has 0 atom stereocenters. The highest BCUT2D eigenvalue weighted by Crippen LogP contribution is 2.20. The van der Waals surface area contributed by atoms with Crippen molar-refractivity contribution in [3.8, 4) is 11.4 Å². The van der Waals surface area contributed by atoms with Crippen molar-refractivity contribution < 1.29 is 9.53 Å². The summed E-state index contributed by atoms with van der Waals surface area (Å²) < 4.78 is 7.18. The third-order valence-electron chi connectivity index (χ3n) is 4.14. The van der Waals surface area contributed by atoms with Gasteiger partial charge in [0.25, 0.3) is 11.5 Å². The number of pyridine rings is 1. The number of anilines is 1. The van der Waals surface area contributed by atoms with Gasteiger partial charge in [-0.2, -0.15) is 5.10 Å². The Morgan fingerprint density at radius 3 is 2.61 bits per heavy atom. The van der Waals surface area contributed by atoms with Crippen molar-refractivity contribution in [3.05, 3.63) is 70.8 Å². The van der Waals surface area contributed by atoms with Gasteiger partial charge in [0.2, 0.25) is 0 Å². The molecule has 8 nitrogen and oxygen atoms in total. The van der Waals surface area contributed by atoms with Crippen molar-refractivity contribution in [2.24, 2.45) is 0 Å². The maximum Gasteiger partial charge on any atom is 0.273 e. The molecule has 0 unspecified atom stereocenters. The van der Waals surface area contributed by atoms with Gasteiger partial charge >= 0.3 is 0 Å². The summed E-state index contributed by atoms with van der Waals surface area (Å²) in [5.41, 5.74) is 1.35. The SMILES string of the molecule is CC(C)Oc1ccc(-n2c(=O)ccc3cc(C(=O)Nc4ccn[nH]4)[nH]c32)cc1.